The van der Waals surface area contributed by atoms with Crippen molar-refractivity contribution in [3.8, 4) is 5.75 Å². The smallest absolute Gasteiger partial charge is 0.191 e. The number of guanidine groups is 1. The van der Waals surface area contributed by atoms with Gasteiger partial charge in [0.15, 0.2) is 5.96 Å². The minimum Gasteiger partial charge on any atom is -0.493 e. The van der Waals surface area contributed by atoms with Crippen molar-refractivity contribution in [2.24, 2.45) is 10.9 Å². The van der Waals surface area contributed by atoms with Gasteiger partial charge in [0.2, 0.25) is 0 Å². The zero-order chi connectivity index (χ0) is 17.9. The summed E-state index contributed by atoms with van der Waals surface area (Å²) in [5.41, 5.74) is 2.21. The van der Waals surface area contributed by atoms with Gasteiger partial charge in [-0.1, -0.05) is 12.1 Å². The maximum atomic E-state index is 12.3. The maximum absolute atomic E-state index is 12.3. The van der Waals surface area contributed by atoms with Crippen molar-refractivity contribution in [3.05, 3.63) is 29.3 Å². The van der Waals surface area contributed by atoms with Crippen LogP contribution in [-0.2, 0) is 11.3 Å². The molecule has 25 heavy (non-hydrogen) atoms. The Kier molecular flexibility index (Phi) is 8.52. The van der Waals surface area contributed by atoms with Gasteiger partial charge in [0.05, 0.1) is 26.4 Å². The largest absolute Gasteiger partial charge is 0.493 e. The molecule has 1 aromatic rings. The molecule has 1 aromatic carbocycles. The molecule has 0 aliphatic carbocycles. The van der Waals surface area contributed by atoms with Crippen molar-refractivity contribution in [2.45, 2.75) is 33.2 Å². The number of aliphatic imine (C=N–C) groups is 1. The third-order valence-electron chi connectivity index (χ3n) is 4.08. The third kappa shape index (κ3) is 6.90. The number of benzene rings is 1. The predicted molar refractivity (Wildman–Crippen MR) is 99.0 cm³/mol. The van der Waals surface area contributed by atoms with Crippen LogP contribution >= 0.6 is 0 Å². The maximum Gasteiger partial charge on any atom is 0.191 e. The van der Waals surface area contributed by atoms with E-state index in [0.717, 1.165) is 37.5 Å². The second-order valence-electron chi connectivity index (χ2n) is 6.32. The Morgan fingerprint density at radius 2 is 2.28 bits per heavy atom. The molecule has 1 heterocycles. The fourth-order valence-corrected chi connectivity index (χ4v) is 2.63. The normalized spacial score (nSPS) is 17.6. The first kappa shape index (κ1) is 19.5. The van der Waals surface area contributed by atoms with E-state index in [1.165, 1.54) is 5.56 Å². The van der Waals surface area contributed by atoms with E-state index in [-0.39, 0.29) is 6.67 Å². The van der Waals surface area contributed by atoms with Crippen LogP contribution in [-0.4, -0.2) is 45.5 Å². The van der Waals surface area contributed by atoms with E-state index in [9.17, 15) is 4.39 Å². The Morgan fingerprint density at radius 3 is 3.00 bits per heavy atom. The van der Waals surface area contributed by atoms with Crippen LogP contribution in [0.2, 0.25) is 0 Å². The summed E-state index contributed by atoms with van der Waals surface area (Å²) < 4.78 is 23.7. The quantitative estimate of drug-likeness (QED) is 0.408. The fourth-order valence-electron chi connectivity index (χ4n) is 2.63. The van der Waals surface area contributed by atoms with Gasteiger partial charge < -0.3 is 20.1 Å². The molecule has 0 amide bonds. The minimum absolute atomic E-state index is 0.326. The molecule has 0 spiro atoms. The average molecular weight is 351 g/mol. The van der Waals surface area contributed by atoms with Gasteiger partial charge in [-0.2, -0.15) is 0 Å². The predicted octanol–water partition coefficient (Wildman–Crippen LogP) is 2.83. The number of aryl methyl sites for hydroxylation is 1. The highest BCUT2D eigenvalue weighted by Crippen LogP contribution is 2.23. The summed E-state index contributed by atoms with van der Waals surface area (Å²) in [6, 6.07) is 6.19. The van der Waals surface area contributed by atoms with Gasteiger partial charge in [-0.3, -0.25) is 4.39 Å². The number of rotatable bonds is 9. The van der Waals surface area contributed by atoms with Crippen molar-refractivity contribution in [2.75, 3.05) is 39.6 Å². The van der Waals surface area contributed by atoms with Crippen molar-refractivity contribution in [3.63, 3.8) is 0 Å². The summed E-state index contributed by atoms with van der Waals surface area (Å²) in [7, 11) is 0. The molecule has 1 unspecified atom stereocenters. The summed E-state index contributed by atoms with van der Waals surface area (Å²) in [5, 5.41) is 6.32. The Morgan fingerprint density at radius 1 is 1.40 bits per heavy atom. The van der Waals surface area contributed by atoms with Crippen LogP contribution in [0.5, 0.6) is 5.75 Å². The van der Waals surface area contributed by atoms with Crippen LogP contribution in [0.3, 0.4) is 0 Å². The first-order valence-electron chi connectivity index (χ1n) is 9.11. The lowest BCUT2D eigenvalue weighted by Gasteiger charge is -2.15. The Bertz CT molecular complexity index is 545. The number of halogens is 1. The van der Waals surface area contributed by atoms with Crippen molar-refractivity contribution < 1.29 is 13.9 Å². The van der Waals surface area contributed by atoms with Gasteiger partial charge in [-0.15, -0.1) is 0 Å². The van der Waals surface area contributed by atoms with E-state index >= 15 is 0 Å². The Balaban J connectivity index is 1.99. The zero-order valence-corrected chi connectivity index (χ0v) is 15.3. The lowest BCUT2D eigenvalue weighted by molar-refractivity contribution is 0.166. The molecule has 140 valence electrons. The average Bonchev–Trinajstić information content (AvgIpc) is 3.12. The number of ether oxygens (including phenoxy) is 2. The highest BCUT2D eigenvalue weighted by atomic mass is 19.1. The molecule has 1 atom stereocenters. The molecular weight excluding hydrogens is 321 g/mol. The summed E-state index contributed by atoms with van der Waals surface area (Å²) in [4.78, 5) is 4.59. The van der Waals surface area contributed by atoms with Crippen LogP contribution < -0.4 is 15.4 Å². The molecule has 0 bridgehead atoms. The lowest BCUT2D eigenvalue weighted by atomic mass is 10.1. The van der Waals surface area contributed by atoms with Gasteiger partial charge in [-0.05, 0) is 38.3 Å². The fraction of sp³-hybridized carbons (Fsp3) is 0.632. The molecule has 0 aromatic heterocycles. The molecular formula is C19H30FN3O2. The molecule has 1 saturated heterocycles. The topological polar surface area (TPSA) is 54.9 Å². The molecule has 0 radical (unpaired) electrons. The summed E-state index contributed by atoms with van der Waals surface area (Å²) in [6.45, 7) is 7.88. The number of nitrogens with zero attached hydrogens (tertiary/aromatic N) is 1. The number of hydrogen-bond donors (Lipinski definition) is 2. The molecule has 2 N–H and O–H groups in total. The van der Waals surface area contributed by atoms with Crippen LogP contribution in [0.15, 0.2) is 23.2 Å². The molecule has 1 aliphatic heterocycles. The molecule has 0 saturated carbocycles. The number of nitrogens with one attached hydrogen (secondary N) is 2. The van der Waals surface area contributed by atoms with E-state index < -0.39 is 0 Å². The van der Waals surface area contributed by atoms with E-state index in [1.807, 2.05) is 6.92 Å². The molecule has 2 rings (SSSR count). The highest BCUT2D eigenvalue weighted by molar-refractivity contribution is 5.79. The van der Waals surface area contributed by atoms with Crippen molar-refractivity contribution >= 4 is 5.96 Å². The summed E-state index contributed by atoms with van der Waals surface area (Å²) >= 11 is 0. The molecule has 1 aliphatic rings. The van der Waals surface area contributed by atoms with Crippen LogP contribution in [0, 0.1) is 12.8 Å². The summed E-state index contributed by atoms with van der Waals surface area (Å²) in [6.07, 6.45) is 1.54. The van der Waals surface area contributed by atoms with E-state index in [0.29, 0.717) is 38.0 Å². The number of hydrogen-bond acceptors (Lipinski definition) is 3. The van der Waals surface area contributed by atoms with E-state index in [1.54, 1.807) is 0 Å². The first-order valence-corrected chi connectivity index (χ1v) is 9.11. The second-order valence-corrected chi connectivity index (χ2v) is 6.32. The van der Waals surface area contributed by atoms with Gasteiger partial charge in [0, 0.05) is 31.2 Å². The Labute approximate surface area is 150 Å². The molecule has 1 fully saturated rings. The SMILES string of the molecule is CCNC(=NCc1ccc(C)cc1OCC1CCOC1)NCCCF. The number of alkyl halides is 1. The van der Waals surface area contributed by atoms with Gasteiger partial charge in [-0.25, -0.2) is 4.99 Å². The van der Waals surface area contributed by atoms with E-state index in [2.05, 4.69) is 40.7 Å². The van der Waals surface area contributed by atoms with E-state index in [4.69, 9.17) is 9.47 Å². The van der Waals surface area contributed by atoms with Gasteiger partial charge >= 0.3 is 0 Å². The van der Waals surface area contributed by atoms with Gasteiger partial charge in [0.1, 0.15) is 5.75 Å². The van der Waals surface area contributed by atoms with Crippen LogP contribution in [0.25, 0.3) is 0 Å². The monoisotopic (exact) mass is 351 g/mol. The minimum atomic E-state index is -0.326. The standard InChI is InChI=1S/C19H30FN3O2/c1-3-21-19(22-9-4-8-20)23-12-17-6-5-15(2)11-18(17)25-14-16-7-10-24-13-16/h5-6,11,16H,3-4,7-10,12-14H2,1-2H3,(H2,21,22,23). The van der Waals surface area contributed by atoms with Crippen LogP contribution in [0.1, 0.15) is 30.9 Å². The summed E-state index contributed by atoms with van der Waals surface area (Å²) in [5.74, 6) is 2.05. The second kappa shape index (κ2) is 10.9. The highest BCUT2D eigenvalue weighted by Gasteiger charge is 2.17. The zero-order valence-electron chi connectivity index (χ0n) is 15.3. The lowest BCUT2D eigenvalue weighted by Crippen LogP contribution is -2.37. The van der Waals surface area contributed by atoms with Crippen molar-refractivity contribution in [1.82, 2.24) is 10.6 Å². The molecule has 5 nitrogen and oxygen atoms in total. The van der Waals surface area contributed by atoms with Crippen molar-refractivity contribution in [1.29, 1.82) is 0 Å². The Hall–Kier alpha value is -1.82. The van der Waals surface area contributed by atoms with Gasteiger partial charge in [0.25, 0.3) is 0 Å². The van der Waals surface area contributed by atoms with Crippen LogP contribution in [0.4, 0.5) is 4.39 Å². The molecule has 6 heteroatoms. The first-order chi connectivity index (χ1) is 12.2. The third-order valence-corrected chi connectivity index (χ3v) is 4.08.